The number of hydrogen-bond donors (Lipinski definition) is 2. The number of aliphatic hydroxyl groups is 1. The van der Waals surface area contributed by atoms with Crippen LogP contribution in [0.1, 0.15) is 18.9 Å². The van der Waals surface area contributed by atoms with E-state index in [1.807, 2.05) is 37.3 Å². The monoisotopic (exact) mass is 165 g/mol. The predicted octanol–water partition coefficient (Wildman–Crippen LogP) is 1.24. The van der Waals surface area contributed by atoms with E-state index in [0.717, 1.165) is 5.56 Å². The highest BCUT2D eigenvalue weighted by molar-refractivity contribution is 5.22. The molecule has 1 aromatic carbocycles. The van der Waals surface area contributed by atoms with Gasteiger partial charge in [-0.2, -0.15) is 0 Å². The van der Waals surface area contributed by atoms with E-state index in [-0.39, 0.29) is 6.54 Å². The Morgan fingerprint density at radius 2 is 1.92 bits per heavy atom. The molecule has 0 spiro atoms. The molecule has 0 aromatic heterocycles. The Labute approximate surface area is 73.0 Å². The average Bonchev–Trinajstić information content (AvgIpc) is 2.18. The molecule has 3 N–H and O–H groups in total. The summed E-state index contributed by atoms with van der Waals surface area (Å²) in [6.07, 6.45) is 0.646. The van der Waals surface area contributed by atoms with Crippen molar-refractivity contribution in [2.45, 2.75) is 18.9 Å². The maximum Gasteiger partial charge on any atom is 0.102 e. The van der Waals surface area contributed by atoms with Gasteiger partial charge in [0.25, 0.3) is 0 Å². The van der Waals surface area contributed by atoms with Crippen molar-refractivity contribution in [2.24, 2.45) is 5.73 Å². The first-order valence-corrected chi connectivity index (χ1v) is 4.21. The Hall–Kier alpha value is -0.860. The lowest BCUT2D eigenvalue weighted by molar-refractivity contribution is 0.0419. The first-order chi connectivity index (χ1) is 5.73. The van der Waals surface area contributed by atoms with Crippen LogP contribution in [0.2, 0.25) is 0 Å². The molecule has 0 aliphatic heterocycles. The SMILES string of the molecule is CC[C@](O)(CN)c1ccccc1. The van der Waals surface area contributed by atoms with Crippen LogP contribution < -0.4 is 5.73 Å². The minimum Gasteiger partial charge on any atom is -0.384 e. The summed E-state index contributed by atoms with van der Waals surface area (Å²) in [4.78, 5) is 0. The van der Waals surface area contributed by atoms with Crippen LogP contribution in [0.25, 0.3) is 0 Å². The molecule has 0 fully saturated rings. The second kappa shape index (κ2) is 3.70. The molecule has 0 aliphatic rings. The van der Waals surface area contributed by atoms with Crippen LogP contribution in [0.3, 0.4) is 0 Å². The highest BCUT2D eigenvalue weighted by Crippen LogP contribution is 2.22. The van der Waals surface area contributed by atoms with Crippen molar-refractivity contribution in [3.8, 4) is 0 Å². The lowest BCUT2D eigenvalue weighted by Crippen LogP contribution is -2.33. The Balaban J connectivity index is 2.95. The Bertz CT molecular complexity index is 229. The molecule has 0 unspecified atom stereocenters. The van der Waals surface area contributed by atoms with Gasteiger partial charge in [0.2, 0.25) is 0 Å². The van der Waals surface area contributed by atoms with Gasteiger partial charge in [0.1, 0.15) is 5.60 Å². The van der Waals surface area contributed by atoms with Gasteiger partial charge in [0, 0.05) is 6.54 Å². The van der Waals surface area contributed by atoms with E-state index in [1.54, 1.807) is 0 Å². The molecule has 0 heterocycles. The third-order valence-corrected chi connectivity index (χ3v) is 2.23. The van der Waals surface area contributed by atoms with Gasteiger partial charge in [0.15, 0.2) is 0 Å². The van der Waals surface area contributed by atoms with Crippen molar-refractivity contribution in [3.63, 3.8) is 0 Å². The van der Waals surface area contributed by atoms with Crippen LogP contribution in [0.5, 0.6) is 0 Å². The molecule has 1 atom stereocenters. The summed E-state index contributed by atoms with van der Waals surface area (Å²) in [5.41, 5.74) is 5.55. The van der Waals surface area contributed by atoms with Gasteiger partial charge in [0.05, 0.1) is 0 Å². The van der Waals surface area contributed by atoms with E-state index in [1.165, 1.54) is 0 Å². The first kappa shape index (κ1) is 9.23. The van der Waals surface area contributed by atoms with Gasteiger partial charge in [-0.1, -0.05) is 37.3 Å². The van der Waals surface area contributed by atoms with Crippen LogP contribution in [-0.4, -0.2) is 11.7 Å². The van der Waals surface area contributed by atoms with Crippen LogP contribution in [0, 0.1) is 0 Å². The zero-order chi connectivity index (χ0) is 9.03. The topological polar surface area (TPSA) is 46.2 Å². The second-order valence-corrected chi connectivity index (χ2v) is 2.96. The second-order valence-electron chi connectivity index (χ2n) is 2.96. The molecule has 0 saturated carbocycles. The molecule has 0 bridgehead atoms. The zero-order valence-corrected chi connectivity index (χ0v) is 7.33. The van der Waals surface area contributed by atoms with Crippen molar-refractivity contribution >= 4 is 0 Å². The van der Waals surface area contributed by atoms with Crippen molar-refractivity contribution in [3.05, 3.63) is 35.9 Å². The maximum atomic E-state index is 9.98. The number of nitrogens with two attached hydrogens (primary N) is 1. The summed E-state index contributed by atoms with van der Waals surface area (Å²) in [6.45, 7) is 2.20. The molecule has 2 nitrogen and oxygen atoms in total. The van der Waals surface area contributed by atoms with Gasteiger partial charge in [-0.25, -0.2) is 0 Å². The quantitative estimate of drug-likeness (QED) is 0.708. The molecule has 0 amide bonds. The molecule has 0 radical (unpaired) electrons. The fraction of sp³-hybridized carbons (Fsp3) is 0.400. The lowest BCUT2D eigenvalue weighted by Gasteiger charge is -2.25. The Morgan fingerprint density at radius 1 is 1.33 bits per heavy atom. The number of hydrogen-bond acceptors (Lipinski definition) is 2. The van der Waals surface area contributed by atoms with Gasteiger partial charge in [-0.15, -0.1) is 0 Å². The van der Waals surface area contributed by atoms with Crippen molar-refractivity contribution in [2.75, 3.05) is 6.54 Å². The fourth-order valence-electron chi connectivity index (χ4n) is 1.21. The van der Waals surface area contributed by atoms with E-state index in [4.69, 9.17) is 5.73 Å². The average molecular weight is 165 g/mol. The third-order valence-electron chi connectivity index (χ3n) is 2.23. The first-order valence-electron chi connectivity index (χ1n) is 4.21. The molecular weight excluding hydrogens is 150 g/mol. The van der Waals surface area contributed by atoms with E-state index in [9.17, 15) is 5.11 Å². The molecule has 0 saturated heterocycles. The van der Waals surface area contributed by atoms with Crippen LogP contribution in [-0.2, 0) is 5.60 Å². The fourth-order valence-corrected chi connectivity index (χ4v) is 1.21. The lowest BCUT2D eigenvalue weighted by atomic mass is 9.91. The zero-order valence-electron chi connectivity index (χ0n) is 7.33. The summed E-state index contributed by atoms with van der Waals surface area (Å²) in [7, 11) is 0. The van der Waals surface area contributed by atoms with Crippen molar-refractivity contribution in [1.29, 1.82) is 0 Å². The van der Waals surface area contributed by atoms with Gasteiger partial charge in [-0.3, -0.25) is 0 Å². The molecule has 0 aliphatic carbocycles. The molecule has 66 valence electrons. The van der Waals surface area contributed by atoms with E-state index in [0.29, 0.717) is 6.42 Å². The molecule has 1 rings (SSSR count). The summed E-state index contributed by atoms with van der Waals surface area (Å²) >= 11 is 0. The molecule has 12 heavy (non-hydrogen) atoms. The molecule has 1 aromatic rings. The van der Waals surface area contributed by atoms with Gasteiger partial charge < -0.3 is 10.8 Å². The van der Waals surface area contributed by atoms with Crippen molar-refractivity contribution in [1.82, 2.24) is 0 Å². The number of benzene rings is 1. The molecule has 2 heteroatoms. The van der Waals surface area contributed by atoms with E-state index in [2.05, 4.69) is 0 Å². The highest BCUT2D eigenvalue weighted by atomic mass is 16.3. The molecular formula is C10H15NO. The predicted molar refractivity (Wildman–Crippen MR) is 49.7 cm³/mol. The van der Waals surface area contributed by atoms with Crippen LogP contribution in [0.4, 0.5) is 0 Å². The normalized spacial score (nSPS) is 15.6. The smallest absolute Gasteiger partial charge is 0.102 e. The summed E-state index contributed by atoms with van der Waals surface area (Å²) < 4.78 is 0. The Morgan fingerprint density at radius 3 is 2.33 bits per heavy atom. The van der Waals surface area contributed by atoms with Crippen LogP contribution in [0.15, 0.2) is 30.3 Å². The van der Waals surface area contributed by atoms with Crippen LogP contribution >= 0.6 is 0 Å². The maximum absolute atomic E-state index is 9.98. The number of rotatable bonds is 3. The summed E-state index contributed by atoms with van der Waals surface area (Å²) in [5, 5.41) is 9.98. The minimum absolute atomic E-state index is 0.271. The minimum atomic E-state index is -0.846. The van der Waals surface area contributed by atoms with Gasteiger partial charge in [-0.05, 0) is 12.0 Å². The summed E-state index contributed by atoms with van der Waals surface area (Å²) in [5.74, 6) is 0. The standard InChI is InChI=1S/C10H15NO/c1-2-10(12,8-11)9-6-4-3-5-7-9/h3-7,12H,2,8,11H2,1H3/t10-/m0/s1. The van der Waals surface area contributed by atoms with Crippen molar-refractivity contribution < 1.29 is 5.11 Å². The largest absolute Gasteiger partial charge is 0.384 e. The van der Waals surface area contributed by atoms with E-state index < -0.39 is 5.60 Å². The van der Waals surface area contributed by atoms with Gasteiger partial charge >= 0.3 is 0 Å². The third kappa shape index (κ3) is 1.65. The Kier molecular flexibility index (Phi) is 2.84. The highest BCUT2D eigenvalue weighted by Gasteiger charge is 2.24. The van der Waals surface area contributed by atoms with E-state index >= 15 is 0 Å². The summed E-state index contributed by atoms with van der Waals surface area (Å²) in [6, 6.07) is 9.54.